The summed E-state index contributed by atoms with van der Waals surface area (Å²) in [5.74, 6) is -23.9. The third kappa shape index (κ3) is 3.84. The molecule has 0 radical (unpaired) electrons. The standard InChI is InChI=1S/C14H12F9NO/c1-8(9-5-3-2-4-6-9)7-24-10(25)11(15,16)12(17,18)13(19,20)14(21,22)23/h2-6,8H,7H2,1H3,(H,24,25). The lowest BCUT2D eigenvalue weighted by Crippen LogP contribution is -2.65. The molecule has 1 rings (SSSR count). The Morgan fingerprint density at radius 2 is 1.40 bits per heavy atom. The summed E-state index contributed by atoms with van der Waals surface area (Å²) in [5, 5.41) is 1.28. The van der Waals surface area contributed by atoms with Gasteiger partial charge in [0.15, 0.2) is 0 Å². The fraction of sp³-hybridized carbons (Fsp3) is 0.500. The first-order chi connectivity index (χ1) is 11.2. The van der Waals surface area contributed by atoms with Gasteiger partial charge in [-0.2, -0.15) is 39.5 Å². The van der Waals surface area contributed by atoms with E-state index in [1.54, 1.807) is 18.2 Å². The van der Waals surface area contributed by atoms with Gasteiger partial charge < -0.3 is 5.32 Å². The highest BCUT2D eigenvalue weighted by Gasteiger charge is 2.83. The largest absolute Gasteiger partial charge is 0.460 e. The Hall–Kier alpha value is -1.94. The first-order valence-electron chi connectivity index (χ1n) is 6.69. The molecule has 1 amide bonds. The number of carbonyl (C=O) groups excluding carboxylic acids is 1. The topological polar surface area (TPSA) is 29.1 Å². The van der Waals surface area contributed by atoms with Crippen LogP contribution in [-0.4, -0.2) is 36.4 Å². The van der Waals surface area contributed by atoms with Crippen LogP contribution < -0.4 is 5.32 Å². The minimum absolute atomic E-state index is 0.499. The quantitative estimate of drug-likeness (QED) is 0.729. The smallest absolute Gasteiger partial charge is 0.350 e. The summed E-state index contributed by atoms with van der Waals surface area (Å²) in [4.78, 5) is 11.2. The van der Waals surface area contributed by atoms with E-state index in [0.717, 1.165) is 0 Å². The van der Waals surface area contributed by atoms with Crippen molar-refractivity contribution < 1.29 is 44.3 Å². The fourth-order valence-corrected chi connectivity index (χ4v) is 1.77. The molecule has 2 nitrogen and oxygen atoms in total. The maximum absolute atomic E-state index is 13.3. The highest BCUT2D eigenvalue weighted by atomic mass is 19.4. The predicted octanol–water partition coefficient (Wildman–Crippen LogP) is 4.37. The fourth-order valence-electron chi connectivity index (χ4n) is 1.77. The molecule has 1 N–H and O–H groups in total. The van der Waals surface area contributed by atoms with Gasteiger partial charge in [-0.25, -0.2) is 0 Å². The number of halogens is 9. The van der Waals surface area contributed by atoms with Crippen LogP contribution in [0.25, 0.3) is 0 Å². The van der Waals surface area contributed by atoms with E-state index < -0.39 is 42.3 Å². The SMILES string of the molecule is CC(CNC(=O)C(F)(F)C(F)(F)C(F)(F)C(F)(F)F)c1ccccc1. The lowest BCUT2D eigenvalue weighted by Gasteiger charge is -2.32. The Morgan fingerprint density at radius 3 is 1.84 bits per heavy atom. The van der Waals surface area contributed by atoms with Crippen molar-refractivity contribution in [3.05, 3.63) is 35.9 Å². The zero-order valence-corrected chi connectivity index (χ0v) is 12.5. The average Bonchev–Trinajstić information content (AvgIpc) is 2.51. The lowest BCUT2D eigenvalue weighted by molar-refractivity contribution is -0.388. The average molecular weight is 381 g/mol. The van der Waals surface area contributed by atoms with E-state index in [-0.39, 0.29) is 0 Å². The van der Waals surface area contributed by atoms with Gasteiger partial charge in [0.05, 0.1) is 0 Å². The van der Waals surface area contributed by atoms with Crippen LogP contribution in [0.2, 0.25) is 0 Å². The summed E-state index contributed by atoms with van der Waals surface area (Å²) in [5.41, 5.74) is 0.499. The molecule has 0 aromatic heterocycles. The summed E-state index contributed by atoms with van der Waals surface area (Å²) >= 11 is 0. The molecule has 1 unspecified atom stereocenters. The van der Waals surface area contributed by atoms with E-state index in [2.05, 4.69) is 0 Å². The van der Waals surface area contributed by atoms with E-state index in [1.165, 1.54) is 24.4 Å². The molecule has 142 valence electrons. The van der Waals surface area contributed by atoms with Crippen LogP contribution in [0, 0.1) is 0 Å². The molecule has 11 heteroatoms. The molecule has 0 bridgehead atoms. The Bertz CT molecular complexity index is 598. The summed E-state index contributed by atoms with van der Waals surface area (Å²) < 4.78 is 114. The molecule has 1 aromatic rings. The number of rotatable bonds is 6. The van der Waals surface area contributed by atoms with E-state index in [1.807, 2.05) is 0 Å². The van der Waals surface area contributed by atoms with Crippen molar-refractivity contribution in [2.45, 2.75) is 36.8 Å². The first kappa shape index (κ1) is 21.1. The van der Waals surface area contributed by atoms with Gasteiger partial charge >= 0.3 is 23.9 Å². The number of amides is 1. The number of carbonyl (C=O) groups is 1. The monoisotopic (exact) mass is 381 g/mol. The van der Waals surface area contributed by atoms with Crippen molar-refractivity contribution in [1.29, 1.82) is 0 Å². The molecule has 0 saturated heterocycles. The molecule has 0 heterocycles. The van der Waals surface area contributed by atoms with Crippen molar-refractivity contribution >= 4 is 5.91 Å². The Balaban J connectivity index is 2.92. The lowest BCUT2D eigenvalue weighted by atomic mass is 10.00. The summed E-state index contributed by atoms with van der Waals surface area (Å²) in [6.45, 7) is 0.725. The second-order valence-corrected chi connectivity index (χ2v) is 5.24. The molecule has 0 aliphatic rings. The van der Waals surface area contributed by atoms with E-state index >= 15 is 0 Å². The van der Waals surface area contributed by atoms with Crippen LogP contribution in [-0.2, 0) is 4.79 Å². The molecule has 0 aliphatic heterocycles. The van der Waals surface area contributed by atoms with Gasteiger partial charge in [-0.05, 0) is 11.5 Å². The second-order valence-electron chi connectivity index (χ2n) is 5.24. The molecular weight excluding hydrogens is 369 g/mol. The highest BCUT2D eigenvalue weighted by Crippen LogP contribution is 2.53. The van der Waals surface area contributed by atoms with Gasteiger partial charge in [0, 0.05) is 6.54 Å². The van der Waals surface area contributed by atoms with Crippen LogP contribution in [0.5, 0.6) is 0 Å². The zero-order valence-electron chi connectivity index (χ0n) is 12.5. The van der Waals surface area contributed by atoms with Gasteiger partial charge in [0.25, 0.3) is 5.91 Å². The van der Waals surface area contributed by atoms with Crippen molar-refractivity contribution in [3.63, 3.8) is 0 Å². The second kappa shape index (κ2) is 6.75. The van der Waals surface area contributed by atoms with Gasteiger partial charge in [0.2, 0.25) is 0 Å². The Labute approximate surface area is 136 Å². The molecule has 0 spiro atoms. The summed E-state index contributed by atoms with van der Waals surface area (Å²) in [6, 6.07) is 7.76. The molecule has 0 saturated carbocycles. The van der Waals surface area contributed by atoms with Crippen LogP contribution in [0.3, 0.4) is 0 Å². The molecule has 1 atom stereocenters. The third-order valence-electron chi connectivity index (χ3n) is 3.37. The molecule has 0 aliphatic carbocycles. The Morgan fingerprint density at radius 1 is 0.920 bits per heavy atom. The van der Waals surface area contributed by atoms with Crippen molar-refractivity contribution in [2.24, 2.45) is 0 Å². The summed E-state index contributed by atoms with van der Waals surface area (Å²) in [6.07, 6.45) is -6.96. The molecular formula is C14H12F9NO. The van der Waals surface area contributed by atoms with E-state index in [9.17, 15) is 44.3 Å². The maximum Gasteiger partial charge on any atom is 0.460 e. The van der Waals surface area contributed by atoms with Crippen LogP contribution in [0.15, 0.2) is 30.3 Å². The van der Waals surface area contributed by atoms with E-state index in [0.29, 0.717) is 5.56 Å². The van der Waals surface area contributed by atoms with Crippen molar-refractivity contribution in [1.82, 2.24) is 5.32 Å². The zero-order chi connectivity index (χ0) is 19.7. The number of benzene rings is 1. The Kier molecular flexibility index (Phi) is 5.70. The number of nitrogens with one attached hydrogen (secondary N) is 1. The van der Waals surface area contributed by atoms with Crippen molar-refractivity contribution in [3.8, 4) is 0 Å². The third-order valence-corrected chi connectivity index (χ3v) is 3.37. The normalized spacial score (nSPS) is 15.0. The molecule has 25 heavy (non-hydrogen) atoms. The summed E-state index contributed by atoms with van der Waals surface area (Å²) in [7, 11) is 0. The molecule has 1 aromatic carbocycles. The van der Waals surface area contributed by atoms with Gasteiger partial charge in [-0.1, -0.05) is 37.3 Å². The van der Waals surface area contributed by atoms with Gasteiger partial charge in [-0.3, -0.25) is 4.79 Å². The van der Waals surface area contributed by atoms with Gasteiger partial charge in [-0.15, -0.1) is 0 Å². The minimum atomic E-state index is -7.09. The number of alkyl halides is 9. The van der Waals surface area contributed by atoms with Crippen LogP contribution in [0.1, 0.15) is 18.4 Å². The number of hydrogen-bond donors (Lipinski definition) is 1. The first-order valence-corrected chi connectivity index (χ1v) is 6.69. The predicted molar refractivity (Wildman–Crippen MR) is 68.8 cm³/mol. The van der Waals surface area contributed by atoms with Gasteiger partial charge in [0.1, 0.15) is 0 Å². The highest BCUT2D eigenvalue weighted by molar-refractivity contribution is 5.84. The maximum atomic E-state index is 13.3. The minimum Gasteiger partial charge on any atom is -0.350 e. The van der Waals surface area contributed by atoms with Crippen LogP contribution >= 0.6 is 0 Å². The van der Waals surface area contributed by atoms with Crippen LogP contribution in [0.4, 0.5) is 39.5 Å². The molecule has 0 fully saturated rings. The van der Waals surface area contributed by atoms with E-state index in [4.69, 9.17) is 0 Å². The van der Waals surface area contributed by atoms with Crippen molar-refractivity contribution in [2.75, 3.05) is 6.54 Å². The number of hydrogen-bond acceptors (Lipinski definition) is 1.